The number of hydrogen-bond donors (Lipinski definition) is 4. The summed E-state index contributed by atoms with van der Waals surface area (Å²) >= 11 is 0. The van der Waals surface area contributed by atoms with Gasteiger partial charge in [-0.1, -0.05) is 0 Å². The van der Waals surface area contributed by atoms with Gasteiger partial charge in [0.05, 0.1) is 32.1 Å². The average Bonchev–Trinajstić information content (AvgIpc) is 2.38. The van der Waals surface area contributed by atoms with Gasteiger partial charge in [0.25, 0.3) is 0 Å². The second-order valence-corrected chi connectivity index (χ2v) is 3.20. The lowest BCUT2D eigenvalue weighted by Gasteiger charge is -2.08. The van der Waals surface area contributed by atoms with E-state index in [1.165, 1.54) is 0 Å². The SMILES string of the molecule is COC(=O)NC(CC#N)C(=O)O.N#CCC(N)C(=O)O. The highest BCUT2D eigenvalue weighted by atomic mass is 16.5. The molecule has 0 heterocycles. The minimum absolute atomic E-state index is 0.130. The molecule has 0 bridgehead atoms. The van der Waals surface area contributed by atoms with Crippen LogP contribution in [-0.2, 0) is 14.3 Å². The molecule has 0 rings (SSSR count). The zero-order valence-corrected chi connectivity index (χ0v) is 10.6. The molecule has 5 N–H and O–H groups in total. The van der Waals surface area contributed by atoms with Gasteiger partial charge in [0.1, 0.15) is 12.1 Å². The Bertz CT molecular complexity index is 424. The highest BCUT2D eigenvalue weighted by Gasteiger charge is 2.19. The molecule has 20 heavy (non-hydrogen) atoms. The zero-order chi connectivity index (χ0) is 16.1. The quantitative estimate of drug-likeness (QED) is 0.492. The molecular weight excluding hydrogens is 272 g/mol. The molecule has 0 aliphatic rings. The predicted molar refractivity (Wildman–Crippen MR) is 63.0 cm³/mol. The number of carboxylic acid groups (broad SMARTS) is 2. The van der Waals surface area contributed by atoms with Crippen molar-refractivity contribution in [2.24, 2.45) is 5.73 Å². The molecule has 0 aliphatic heterocycles. The van der Waals surface area contributed by atoms with Gasteiger partial charge in [-0.2, -0.15) is 10.5 Å². The molecular formula is C10H14N4O6. The van der Waals surface area contributed by atoms with E-state index in [9.17, 15) is 14.4 Å². The van der Waals surface area contributed by atoms with Crippen molar-refractivity contribution in [3.63, 3.8) is 0 Å². The normalized spacial score (nSPS) is 11.4. The summed E-state index contributed by atoms with van der Waals surface area (Å²) < 4.78 is 4.15. The fraction of sp³-hybridized carbons (Fsp3) is 0.500. The smallest absolute Gasteiger partial charge is 0.407 e. The highest BCUT2D eigenvalue weighted by molar-refractivity contribution is 5.80. The van der Waals surface area contributed by atoms with E-state index in [0.29, 0.717) is 0 Å². The molecule has 0 aromatic rings. The second-order valence-electron chi connectivity index (χ2n) is 3.20. The maximum atomic E-state index is 10.5. The van der Waals surface area contributed by atoms with Crippen LogP contribution in [0.25, 0.3) is 0 Å². The molecule has 0 fully saturated rings. The number of nitriles is 2. The first-order chi connectivity index (χ1) is 9.29. The molecule has 0 aromatic heterocycles. The van der Waals surface area contributed by atoms with Crippen LogP contribution in [0.4, 0.5) is 4.79 Å². The van der Waals surface area contributed by atoms with Gasteiger partial charge in [0, 0.05) is 0 Å². The molecule has 0 saturated carbocycles. The lowest BCUT2D eigenvalue weighted by molar-refractivity contribution is -0.139. The first-order valence-electron chi connectivity index (χ1n) is 5.09. The third-order valence-electron chi connectivity index (χ3n) is 1.70. The van der Waals surface area contributed by atoms with Crippen molar-refractivity contribution in [2.45, 2.75) is 24.9 Å². The first kappa shape index (κ1) is 19.5. The second kappa shape index (κ2) is 11.3. The fourth-order valence-corrected chi connectivity index (χ4v) is 0.678. The van der Waals surface area contributed by atoms with Crippen LogP contribution in [0.2, 0.25) is 0 Å². The van der Waals surface area contributed by atoms with Crippen LogP contribution in [0.3, 0.4) is 0 Å². The third kappa shape index (κ3) is 10.3. The first-order valence-corrected chi connectivity index (χ1v) is 5.09. The number of carbonyl (C=O) groups is 3. The molecule has 2 unspecified atom stereocenters. The summed E-state index contributed by atoms with van der Waals surface area (Å²) in [4.78, 5) is 30.6. The molecule has 0 saturated heterocycles. The fourth-order valence-electron chi connectivity index (χ4n) is 0.678. The van der Waals surface area contributed by atoms with Gasteiger partial charge >= 0.3 is 18.0 Å². The van der Waals surface area contributed by atoms with Crippen molar-refractivity contribution in [1.82, 2.24) is 5.32 Å². The summed E-state index contributed by atoms with van der Waals surface area (Å²) in [7, 11) is 1.11. The van der Waals surface area contributed by atoms with E-state index in [4.69, 9.17) is 26.5 Å². The van der Waals surface area contributed by atoms with Crippen molar-refractivity contribution in [3.8, 4) is 12.1 Å². The molecule has 1 amide bonds. The minimum atomic E-state index is -1.26. The van der Waals surface area contributed by atoms with Crippen LogP contribution in [0.5, 0.6) is 0 Å². The van der Waals surface area contributed by atoms with Gasteiger partial charge in [-0.05, 0) is 0 Å². The third-order valence-corrected chi connectivity index (χ3v) is 1.70. The van der Waals surface area contributed by atoms with E-state index < -0.39 is 30.1 Å². The standard InChI is InChI=1S/C6H8N2O4.C4H6N2O2/c1-12-6(11)8-4(2-3-7)5(9)10;5-2-1-3(6)4(7)8/h4H,2H2,1H3,(H,8,11)(H,9,10);3H,1,6H2,(H,7,8). The number of ether oxygens (including phenoxy) is 1. The highest BCUT2D eigenvalue weighted by Crippen LogP contribution is 1.91. The molecule has 0 radical (unpaired) electrons. The number of nitrogens with one attached hydrogen (secondary N) is 1. The Morgan fingerprint density at radius 3 is 1.95 bits per heavy atom. The number of rotatable bonds is 5. The predicted octanol–water partition coefficient (Wildman–Crippen LogP) is -0.979. The van der Waals surface area contributed by atoms with Crippen LogP contribution in [0.1, 0.15) is 12.8 Å². The molecule has 110 valence electrons. The number of carboxylic acids is 2. The number of carbonyl (C=O) groups excluding carboxylic acids is 1. The number of nitrogens with two attached hydrogens (primary N) is 1. The maximum Gasteiger partial charge on any atom is 0.407 e. The van der Waals surface area contributed by atoms with Crippen molar-refractivity contribution in [3.05, 3.63) is 0 Å². The van der Waals surface area contributed by atoms with Crippen LogP contribution < -0.4 is 11.1 Å². The van der Waals surface area contributed by atoms with Crippen LogP contribution in [0.15, 0.2) is 0 Å². The lowest BCUT2D eigenvalue weighted by atomic mass is 10.2. The number of alkyl carbamates (subject to hydrolysis) is 1. The Morgan fingerprint density at radius 2 is 1.70 bits per heavy atom. The average molecular weight is 286 g/mol. The van der Waals surface area contributed by atoms with Crippen molar-refractivity contribution in [2.75, 3.05) is 7.11 Å². The summed E-state index contributed by atoms with van der Waals surface area (Å²) in [6, 6.07) is 1.04. The van der Waals surface area contributed by atoms with Gasteiger partial charge in [0.15, 0.2) is 0 Å². The Labute approximate surface area is 114 Å². The summed E-state index contributed by atoms with van der Waals surface area (Å²) in [5.41, 5.74) is 4.90. The lowest BCUT2D eigenvalue weighted by Crippen LogP contribution is -2.40. The summed E-state index contributed by atoms with van der Waals surface area (Å²) in [6.45, 7) is 0. The number of nitrogens with zero attached hydrogens (tertiary/aromatic N) is 2. The van der Waals surface area contributed by atoms with E-state index in [1.807, 2.05) is 5.32 Å². The van der Waals surface area contributed by atoms with Crippen LogP contribution in [0, 0.1) is 22.7 Å². The Kier molecular flexibility index (Phi) is 11.0. The Hall–Kier alpha value is -2.85. The maximum absolute atomic E-state index is 10.5. The van der Waals surface area contributed by atoms with Crippen molar-refractivity contribution in [1.29, 1.82) is 10.5 Å². The largest absolute Gasteiger partial charge is 0.480 e. The van der Waals surface area contributed by atoms with Gasteiger partial charge in [-0.15, -0.1) is 0 Å². The van der Waals surface area contributed by atoms with Gasteiger partial charge in [-0.3, -0.25) is 4.79 Å². The van der Waals surface area contributed by atoms with Crippen LogP contribution >= 0.6 is 0 Å². The Balaban J connectivity index is 0. The Morgan fingerprint density at radius 1 is 1.20 bits per heavy atom. The van der Waals surface area contributed by atoms with Crippen molar-refractivity contribution >= 4 is 18.0 Å². The van der Waals surface area contributed by atoms with Gasteiger partial charge < -0.3 is 26.0 Å². The van der Waals surface area contributed by atoms with E-state index in [1.54, 1.807) is 12.1 Å². The zero-order valence-electron chi connectivity index (χ0n) is 10.6. The molecule has 0 aromatic carbocycles. The van der Waals surface area contributed by atoms with Gasteiger partial charge in [-0.25, -0.2) is 9.59 Å². The molecule has 10 nitrogen and oxygen atoms in total. The number of hydrogen-bond acceptors (Lipinski definition) is 7. The minimum Gasteiger partial charge on any atom is -0.480 e. The summed E-state index contributed by atoms with van der Waals surface area (Å²) in [5.74, 6) is -2.39. The van der Waals surface area contributed by atoms with E-state index in [0.717, 1.165) is 7.11 Å². The molecule has 0 spiro atoms. The number of methoxy groups -OCH3 is 1. The monoisotopic (exact) mass is 286 g/mol. The topological polar surface area (TPSA) is 187 Å². The summed E-state index contributed by atoms with van der Waals surface area (Å²) in [6.07, 6.45) is -1.28. The number of aliphatic carboxylic acids is 2. The number of amides is 1. The van der Waals surface area contributed by atoms with Crippen LogP contribution in [-0.4, -0.2) is 47.4 Å². The molecule has 10 heteroatoms. The molecule has 2 atom stereocenters. The summed E-state index contributed by atoms with van der Waals surface area (Å²) in [5, 5.41) is 34.5. The van der Waals surface area contributed by atoms with Crippen molar-refractivity contribution < 1.29 is 29.3 Å². The molecule has 0 aliphatic carbocycles. The van der Waals surface area contributed by atoms with E-state index in [-0.39, 0.29) is 12.8 Å². The van der Waals surface area contributed by atoms with Gasteiger partial charge in [0.2, 0.25) is 0 Å². The van der Waals surface area contributed by atoms with E-state index in [2.05, 4.69) is 4.74 Å². The van der Waals surface area contributed by atoms with E-state index >= 15 is 0 Å².